The molecule has 2 heterocycles. The second-order valence-corrected chi connectivity index (χ2v) is 11.1. The van der Waals surface area contributed by atoms with Crippen LogP contribution in [-0.4, -0.2) is 24.8 Å². The Balaban J connectivity index is 1.23. The molecule has 0 radical (unpaired) electrons. The van der Waals surface area contributed by atoms with E-state index in [1.54, 1.807) is 0 Å². The van der Waals surface area contributed by atoms with Crippen LogP contribution < -0.4 is 0 Å². The molecule has 2 aliphatic heterocycles. The van der Waals surface area contributed by atoms with Crippen molar-refractivity contribution in [1.29, 1.82) is 0 Å². The van der Waals surface area contributed by atoms with Gasteiger partial charge in [0.05, 0.1) is 12.3 Å². The number of fused-ring (bicyclic) bond motifs is 4. The Bertz CT molecular complexity index is 1500. The van der Waals surface area contributed by atoms with Crippen molar-refractivity contribution in [1.82, 2.24) is 0 Å². The van der Waals surface area contributed by atoms with Gasteiger partial charge in [-0.1, -0.05) is 91.0 Å². The summed E-state index contributed by atoms with van der Waals surface area (Å²) >= 11 is 0. The van der Waals surface area contributed by atoms with Crippen LogP contribution in [0.3, 0.4) is 0 Å². The molecule has 0 bridgehead atoms. The molecule has 8 rings (SSSR count). The zero-order valence-corrected chi connectivity index (χ0v) is 21.8. The molecular formula is C35H30N2O2. The Hall–Kier alpha value is -4.02. The highest BCUT2D eigenvalue weighted by Crippen LogP contribution is 2.55. The van der Waals surface area contributed by atoms with Gasteiger partial charge < -0.3 is 9.47 Å². The van der Waals surface area contributed by atoms with Crippen molar-refractivity contribution in [3.8, 4) is 0 Å². The molecule has 192 valence electrons. The van der Waals surface area contributed by atoms with Crippen LogP contribution >= 0.6 is 0 Å². The van der Waals surface area contributed by atoms with Gasteiger partial charge in [0.1, 0.15) is 12.6 Å². The molecule has 4 heteroatoms. The van der Waals surface area contributed by atoms with Gasteiger partial charge in [-0.3, -0.25) is 4.99 Å². The smallest absolute Gasteiger partial charge is 0.217 e. The van der Waals surface area contributed by atoms with Crippen molar-refractivity contribution in [2.45, 2.75) is 43.4 Å². The molecule has 3 atom stereocenters. The van der Waals surface area contributed by atoms with Crippen molar-refractivity contribution in [2.24, 2.45) is 9.98 Å². The van der Waals surface area contributed by atoms with E-state index in [1.807, 2.05) is 6.07 Å². The molecule has 0 amide bonds. The van der Waals surface area contributed by atoms with Gasteiger partial charge in [-0.15, -0.1) is 0 Å². The van der Waals surface area contributed by atoms with Crippen LogP contribution in [0.1, 0.15) is 69.6 Å². The summed E-state index contributed by atoms with van der Waals surface area (Å²) < 4.78 is 12.5. The summed E-state index contributed by atoms with van der Waals surface area (Å²) in [6.45, 7) is 1.13. The number of benzene rings is 4. The Morgan fingerprint density at radius 2 is 1.28 bits per heavy atom. The van der Waals surface area contributed by atoms with Gasteiger partial charge in [0.25, 0.3) is 0 Å². The standard InChI is InChI=1S/C35H30N2O2/c1-3-9-23(10-4-1)29-21-39-34(36-29)28-16-8-14-25-18-20-35(32(25)28)19-17-24-13-7-15-27(31(24)35)30-22-38-33(37-30)26-11-5-2-6-12-26/h1-16,29,33H,17-22H2. The van der Waals surface area contributed by atoms with E-state index in [1.165, 1.54) is 33.4 Å². The fourth-order valence-corrected chi connectivity index (χ4v) is 7.29. The SMILES string of the molecule is c1ccc(C2COC(c3cccc4c3C3(CCc5cccc(C6=NC(c7ccccc7)OC6)c53)CC4)=N2)cc1. The van der Waals surface area contributed by atoms with Gasteiger partial charge in [0, 0.05) is 22.1 Å². The lowest BCUT2D eigenvalue weighted by molar-refractivity contribution is 0.110. The summed E-state index contributed by atoms with van der Waals surface area (Å²) in [5, 5.41) is 0. The first-order valence-electron chi connectivity index (χ1n) is 14.0. The maximum atomic E-state index is 6.32. The summed E-state index contributed by atoms with van der Waals surface area (Å²) in [7, 11) is 0. The minimum atomic E-state index is -0.239. The van der Waals surface area contributed by atoms with Crippen molar-refractivity contribution in [2.75, 3.05) is 13.2 Å². The van der Waals surface area contributed by atoms with Crippen molar-refractivity contribution in [3.63, 3.8) is 0 Å². The van der Waals surface area contributed by atoms with E-state index in [-0.39, 0.29) is 17.7 Å². The fourth-order valence-electron chi connectivity index (χ4n) is 7.29. The van der Waals surface area contributed by atoms with E-state index in [0.29, 0.717) is 13.2 Å². The van der Waals surface area contributed by atoms with Crippen LogP contribution in [0, 0.1) is 0 Å². The third-order valence-corrected chi connectivity index (χ3v) is 9.01. The number of hydrogen-bond acceptors (Lipinski definition) is 4. The third-order valence-electron chi connectivity index (χ3n) is 9.01. The van der Waals surface area contributed by atoms with Crippen molar-refractivity contribution in [3.05, 3.63) is 142 Å². The molecule has 0 saturated heterocycles. The van der Waals surface area contributed by atoms with Crippen LogP contribution in [-0.2, 0) is 27.7 Å². The minimum absolute atomic E-state index is 0.0424. The average molecular weight is 511 g/mol. The molecule has 0 N–H and O–H groups in total. The molecule has 3 unspecified atom stereocenters. The summed E-state index contributed by atoms with van der Waals surface area (Å²) in [6.07, 6.45) is 4.12. The van der Waals surface area contributed by atoms with Crippen LogP contribution in [0.4, 0.5) is 0 Å². The van der Waals surface area contributed by atoms with E-state index < -0.39 is 0 Å². The van der Waals surface area contributed by atoms with Gasteiger partial charge >= 0.3 is 0 Å². The highest BCUT2D eigenvalue weighted by atomic mass is 16.5. The second kappa shape index (κ2) is 9.03. The summed E-state index contributed by atoms with van der Waals surface area (Å²) in [5.41, 5.74) is 11.5. The first-order chi connectivity index (χ1) is 19.3. The molecule has 0 saturated carbocycles. The first kappa shape index (κ1) is 22.9. The van der Waals surface area contributed by atoms with Crippen molar-refractivity contribution >= 4 is 11.6 Å². The zero-order chi connectivity index (χ0) is 25.8. The number of rotatable bonds is 4. The average Bonchev–Trinajstić information content (AvgIpc) is 3.81. The Morgan fingerprint density at radius 3 is 2.00 bits per heavy atom. The molecular weight excluding hydrogens is 480 g/mol. The van der Waals surface area contributed by atoms with Crippen LogP contribution in [0.15, 0.2) is 107 Å². The monoisotopic (exact) mass is 510 g/mol. The second-order valence-electron chi connectivity index (χ2n) is 11.1. The predicted molar refractivity (Wildman–Crippen MR) is 154 cm³/mol. The van der Waals surface area contributed by atoms with Gasteiger partial charge in [-0.2, -0.15) is 0 Å². The third kappa shape index (κ3) is 3.62. The summed E-state index contributed by atoms with van der Waals surface area (Å²) in [4.78, 5) is 10.2. The lowest BCUT2D eigenvalue weighted by Gasteiger charge is -2.30. The molecule has 4 aromatic rings. The maximum absolute atomic E-state index is 6.32. The predicted octanol–water partition coefficient (Wildman–Crippen LogP) is 6.90. The maximum Gasteiger partial charge on any atom is 0.217 e. The number of aliphatic imine (C=N–C) groups is 2. The topological polar surface area (TPSA) is 43.2 Å². The normalized spacial score (nSPS) is 24.8. The van der Waals surface area contributed by atoms with Crippen LogP contribution in [0.5, 0.6) is 0 Å². The highest BCUT2D eigenvalue weighted by molar-refractivity contribution is 6.05. The zero-order valence-electron chi connectivity index (χ0n) is 21.8. The Labute approximate surface area is 229 Å². The number of aryl methyl sites for hydroxylation is 2. The summed E-state index contributed by atoms with van der Waals surface area (Å²) in [6, 6.07) is 34.3. The van der Waals surface area contributed by atoms with E-state index in [0.717, 1.165) is 48.4 Å². The van der Waals surface area contributed by atoms with Gasteiger partial charge in [-0.25, -0.2) is 4.99 Å². The van der Waals surface area contributed by atoms with Gasteiger partial charge in [0.2, 0.25) is 5.90 Å². The number of ether oxygens (including phenoxy) is 2. The highest BCUT2D eigenvalue weighted by Gasteiger charge is 2.48. The molecule has 4 aliphatic rings. The van der Waals surface area contributed by atoms with Gasteiger partial charge in [-0.05, 0) is 59.6 Å². The largest absolute Gasteiger partial charge is 0.475 e. The first-order valence-corrected chi connectivity index (χ1v) is 14.0. The molecule has 4 nitrogen and oxygen atoms in total. The van der Waals surface area contributed by atoms with E-state index in [4.69, 9.17) is 19.5 Å². The molecule has 39 heavy (non-hydrogen) atoms. The quantitative estimate of drug-likeness (QED) is 0.300. The number of nitrogens with zero attached hydrogens (tertiary/aromatic N) is 2. The van der Waals surface area contributed by atoms with Crippen molar-refractivity contribution < 1.29 is 9.47 Å². The lowest BCUT2D eigenvalue weighted by atomic mass is 9.72. The fraction of sp³-hybridized carbons (Fsp3) is 0.257. The molecule has 1 spiro atoms. The van der Waals surface area contributed by atoms with Crippen LogP contribution in [0.25, 0.3) is 0 Å². The minimum Gasteiger partial charge on any atom is -0.475 e. The number of hydrogen-bond donors (Lipinski definition) is 0. The van der Waals surface area contributed by atoms with Gasteiger partial charge in [0.15, 0.2) is 6.23 Å². The van der Waals surface area contributed by atoms with E-state index in [2.05, 4.69) is 91.0 Å². The van der Waals surface area contributed by atoms with E-state index >= 15 is 0 Å². The molecule has 2 aliphatic carbocycles. The van der Waals surface area contributed by atoms with Crippen LogP contribution in [0.2, 0.25) is 0 Å². The Kier molecular flexibility index (Phi) is 5.31. The molecule has 0 fully saturated rings. The summed E-state index contributed by atoms with van der Waals surface area (Å²) in [5.74, 6) is 0.790. The molecule has 4 aromatic carbocycles. The Morgan fingerprint density at radius 1 is 0.641 bits per heavy atom. The molecule has 0 aromatic heterocycles. The van der Waals surface area contributed by atoms with E-state index in [9.17, 15) is 0 Å². The lowest BCUT2D eigenvalue weighted by Crippen LogP contribution is -2.27.